The Balaban J connectivity index is 2.47. The van der Waals surface area contributed by atoms with Gasteiger partial charge in [-0.1, -0.05) is 19.9 Å². The van der Waals surface area contributed by atoms with Gasteiger partial charge in [0, 0.05) is 0 Å². The molecule has 0 aliphatic carbocycles. The summed E-state index contributed by atoms with van der Waals surface area (Å²) in [5.41, 5.74) is 2.66. The van der Waals surface area contributed by atoms with Crippen LogP contribution in [0.2, 0.25) is 0 Å². The van der Waals surface area contributed by atoms with Gasteiger partial charge in [0.15, 0.2) is 0 Å². The van der Waals surface area contributed by atoms with Crippen LogP contribution < -0.4 is 4.74 Å². The topological polar surface area (TPSA) is 29.5 Å². The third kappa shape index (κ3) is 4.78. The van der Waals surface area contributed by atoms with Crippen LogP contribution in [0.5, 0.6) is 5.75 Å². The van der Waals surface area contributed by atoms with Crippen molar-refractivity contribution in [2.75, 3.05) is 6.61 Å². The monoisotopic (exact) mass is 236 g/mol. The molecule has 0 aromatic heterocycles. The van der Waals surface area contributed by atoms with Crippen LogP contribution in [0.3, 0.4) is 0 Å². The number of aliphatic hydroxyl groups excluding tert-OH is 1. The fraction of sp³-hybridized carbons (Fsp3) is 0.600. The Kier molecular flexibility index (Phi) is 5.49. The van der Waals surface area contributed by atoms with Crippen LogP contribution in [0, 0.1) is 6.92 Å². The van der Waals surface area contributed by atoms with Gasteiger partial charge in [-0.2, -0.15) is 0 Å². The van der Waals surface area contributed by atoms with E-state index in [2.05, 4.69) is 32.9 Å². The first-order valence-corrected chi connectivity index (χ1v) is 6.42. The van der Waals surface area contributed by atoms with Crippen LogP contribution >= 0.6 is 0 Å². The summed E-state index contributed by atoms with van der Waals surface area (Å²) in [5, 5.41) is 9.14. The standard InChI is InChI=1S/C15H24O2/c1-11(2)15-8-7-14(10-12(15)3)17-9-5-6-13(4)16/h7-8,10-11,13,16H,5-6,9H2,1-4H3. The lowest BCUT2D eigenvalue weighted by Gasteiger charge is -2.12. The van der Waals surface area contributed by atoms with Crippen LogP contribution in [0.1, 0.15) is 50.7 Å². The van der Waals surface area contributed by atoms with Crippen molar-refractivity contribution in [1.82, 2.24) is 0 Å². The third-order valence-electron chi connectivity index (χ3n) is 2.90. The van der Waals surface area contributed by atoms with E-state index in [-0.39, 0.29) is 6.10 Å². The first-order chi connectivity index (χ1) is 8.00. The number of rotatable bonds is 6. The number of aryl methyl sites for hydroxylation is 1. The maximum Gasteiger partial charge on any atom is 0.119 e. The predicted octanol–water partition coefficient (Wildman–Crippen LogP) is 3.66. The lowest BCUT2D eigenvalue weighted by atomic mass is 9.98. The van der Waals surface area contributed by atoms with Gasteiger partial charge >= 0.3 is 0 Å². The molecular formula is C15H24O2. The highest BCUT2D eigenvalue weighted by molar-refractivity contribution is 5.36. The number of benzene rings is 1. The molecule has 1 N–H and O–H groups in total. The van der Waals surface area contributed by atoms with Gasteiger partial charge in [0.2, 0.25) is 0 Å². The second kappa shape index (κ2) is 6.65. The van der Waals surface area contributed by atoms with E-state index in [4.69, 9.17) is 9.84 Å². The smallest absolute Gasteiger partial charge is 0.119 e. The molecule has 0 aliphatic heterocycles. The molecule has 0 fully saturated rings. The number of hydrogen-bond acceptors (Lipinski definition) is 2. The SMILES string of the molecule is Cc1cc(OCCCC(C)O)ccc1C(C)C. The van der Waals surface area contributed by atoms with E-state index in [1.165, 1.54) is 11.1 Å². The minimum atomic E-state index is -0.233. The Bertz CT molecular complexity index is 343. The summed E-state index contributed by atoms with van der Waals surface area (Å²) in [6.45, 7) is 9.00. The predicted molar refractivity (Wildman–Crippen MR) is 71.7 cm³/mol. The Hall–Kier alpha value is -1.02. The molecule has 96 valence electrons. The molecule has 0 radical (unpaired) electrons. The van der Waals surface area contributed by atoms with Gasteiger partial charge in [-0.05, 0) is 55.9 Å². The van der Waals surface area contributed by atoms with Gasteiger partial charge in [-0.15, -0.1) is 0 Å². The number of hydrogen-bond donors (Lipinski definition) is 1. The molecule has 1 rings (SSSR count). The van der Waals surface area contributed by atoms with Gasteiger partial charge in [0.05, 0.1) is 12.7 Å². The zero-order valence-electron chi connectivity index (χ0n) is 11.4. The molecule has 0 saturated carbocycles. The highest BCUT2D eigenvalue weighted by Crippen LogP contribution is 2.23. The van der Waals surface area contributed by atoms with E-state index >= 15 is 0 Å². The van der Waals surface area contributed by atoms with Crippen LogP contribution in [-0.4, -0.2) is 17.8 Å². The Labute approximate surface area is 105 Å². The molecule has 0 amide bonds. The van der Waals surface area contributed by atoms with Crippen LogP contribution in [0.15, 0.2) is 18.2 Å². The van der Waals surface area contributed by atoms with Gasteiger partial charge in [-0.3, -0.25) is 0 Å². The summed E-state index contributed by atoms with van der Waals surface area (Å²) >= 11 is 0. The largest absolute Gasteiger partial charge is 0.494 e. The summed E-state index contributed by atoms with van der Waals surface area (Å²) < 4.78 is 5.66. The molecule has 0 spiro atoms. The molecule has 0 aliphatic rings. The van der Waals surface area contributed by atoms with E-state index < -0.39 is 0 Å². The van der Waals surface area contributed by atoms with E-state index in [9.17, 15) is 0 Å². The van der Waals surface area contributed by atoms with E-state index in [0.717, 1.165) is 18.6 Å². The maximum absolute atomic E-state index is 9.14. The summed E-state index contributed by atoms with van der Waals surface area (Å²) in [6.07, 6.45) is 1.45. The van der Waals surface area contributed by atoms with Crippen LogP contribution in [0.25, 0.3) is 0 Å². The molecular weight excluding hydrogens is 212 g/mol. The second-order valence-electron chi connectivity index (χ2n) is 5.01. The van der Waals surface area contributed by atoms with Crippen LogP contribution in [0.4, 0.5) is 0 Å². The van der Waals surface area contributed by atoms with Gasteiger partial charge in [-0.25, -0.2) is 0 Å². The van der Waals surface area contributed by atoms with Crippen molar-refractivity contribution < 1.29 is 9.84 Å². The first kappa shape index (κ1) is 14.0. The second-order valence-corrected chi connectivity index (χ2v) is 5.01. The van der Waals surface area contributed by atoms with Gasteiger partial charge in [0.25, 0.3) is 0 Å². The molecule has 1 unspecified atom stereocenters. The Morgan fingerprint density at radius 2 is 1.94 bits per heavy atom. The van der Waals surface area contributed by atoms with Crippen molar-refractivity contribution >= 4 is 0 Å². The molecule has 2 nitrogen and oxygen atoms in total. The number of ether oxygens (including phenoxy) is 1. The molecule has 0 heterocycles. The van der Waals surface area contributed by atoms with Gasteiger partial charge in [0.1, 0.15) is 5.75 Å². The zero-order valence-corrected chi connectivity index (χ0v) is 11.4. The highest BCUT2D eigenvalue weighted by Gasteiger charge is 2.04. The van der Waals surface area contributed by atoms with Crippen molar-refractivity contribution in [1.29, 1.82) is 0 Å². The van der Waals surface area contributed by atoms with E-state index in [0.29, 0.717) is 12.5 Å². The highest BCUT2D eigenvalue weighted by atomic mass is 16.5. The summed E-state index contributed by atoms with van der Waals surface area (Å²) in [6, 6.07) is 6.27. The molecule has 2 heteroatoms. The average molecular weight is 236 g/mol. The first-order valence-electron chi connectivity index (χ1n) is 6.42. The third-order valence-corrected chi connectivity index (χ3v) is 2.90. The maximum atomic E-state index is 9.14. The van der Waals surface area contributed by atoms with Crippen molar-refractivity contribution in [2.24, 2.45) is 0 Å². The van der Waals surface area contributed by atoms with Crippen molar-refractivity contribution in [3.05, 3.63) is 29.3 Å². The number of aliphatic hydroxyl groups is 1. The van der Waals surface area contributed by atoms with Crippen LogP contribution in [-0.2, 0) is 0 Å². The Morgan fingerprint density at radius 1 is 1.24 bits per heavy atom. The lowest BCUT2D eigenvalue weighted by Crippen LogP contribution is -2.04. The zero-order chi connectivity index (χ0) is 12.8. The summed E-state index contributed by atoms with van der Waals surface area (Å²) in [7, 11) is 0. The minimum absolute atomic E-state index is 0.233. The van der Waals surface area contributed by atoms with E-state index in [1.807, 2.05) is 13.0 Å². The normalized spacial score (nSPS) is 12.8. The fourth-order valence-electron chi connectivity index (χ4n) is 1.95. The average Bonchev–Trinajstić information content (AvgIpc) is 2.23. The summed E-state index contributed by atoms with van der Waals surface area (Å²) in [4.78, 5) is 0. The van der Waals surface area contributed by atoms with Crippen molar-refractivity contribution in [3.63, 3.8) is 0 Å². The fourth-order valence-corrected chi connectivity index (χ4v) is 1.95. The molecule has 0 saturated heterocycles. The minimum Gasteiger partial charge on any atom is -0.494 e. The molecule has 1 aromatic carbocycles. The molecule has 1 aromatic rings. The summed E-state index contributed by atoms with van der Waals surface area (Å²) in [5.74, 6) is 1.48. The quantitative estimate of drug-likeness (QED) is 0.764. The van der Waals surface area contributed by atoms with Gasteiger partial charge < -0.3 is 9.84 Å². The van der Waals surface area contributed by atoms with Crippen molar-refractivity contribution in [3.8, 4) is 5.75 Å². The lowest BCUT2D eigenvalue weighted by molar-refractivity contribution is 0.170. The van der Waals surface area contributed by atoms with E-state index in [1.54, 1.807) is 0 Å². The molecule has 0 bridgehead atoms. The molecule has 17 heavy (non-hydrogen) atoms. The Morgan fingerprint density at radius 3 is 2.47 bits per heavy atom. The molecule has 1 atom stereocenters. The van der Waals surface area contributed by atoms with Crippen molar-refractivity contribution in [2.45, 2.75) is 52.6 Å².